The Labute approximate surface area is 212 Å². The van der Waals surface area contributed by atoms with Crippen molar-refractivity contribution in [2.75, 3.05) is 57.9 Å². The molecule has 2 aromatic rings. The van der Waals surface area contributed by atoms with E-state index in [0.717, 1.165) is 58.4 Å². The number of nitrogens with one attached hydrogen (secondary N) is 2. The predicted molar refractivity (Wildman–Crippen MR) is 146 cm³/mol. The van der Waals surface area contributed by atoms with Gasteiger partial charge < -0.3 is 20.3 Å². The van der Waals surface area contributed by atoms with Crippen molar-refractivity contribution in [2.24, 2.45) is 4.99 Å². The second-order valence-electron chi connectivity index (χ2n) is 7.96. The Morgan fingerprint density at radius 3 is 2.41 bits per heavy atom. The molecule has 6 nitrogen and oxygen atoms in total. The number of aryl methyl sites for hydroxylation is 1. The summed E-state index contributed by atoms with van der Waals surface area (Å²) in [5.74, 6) is 0.833. The number of aliphatic imine (C=N–C) groups is 1. The van der Waals surface area contributed by atoms with Crippen molar-refractivity contribution in [1.29, 1.82) is 0 Å². The number of hydrogen-bond donors (Lipinski definition) is 2. The first-order valence-corrected chi connectivity index (χ1v) is 11.9. The standard InChI is InChI=1S/C24H33N5OS.HI/c1-19-5-10-23(31-19)22(29-13-15-30-16-14-29)18-27-24(25-2)26-17-20-6-8-21(9-7-20)28-11-3-4-12-28;/h3-10,22H,11-18H2,1-2H3,(H2,25,26,27);1H. The molecular weight excluding hydrogens is 533 g/mol. The Morgan fingerprint density at radius 1 is 1.06 bits per heavy atom. The van der Waals surface area contributed by atoms with E-state index in [2.05, 4.69) is 80.9 Å². The van der Waals surface area contributed by atoms with E-state index >= 15 is 0 Å². The molecule has 2 N–H and O–H groups in total. The largest absolute Gasteiger partial charge is 0.379 e. The van der Waals surface area contributed by atoms with Crippen molar-refractivity contribution in [1.82, 2.24) is 15.5 Å². The minimum absolute atomic E-state index is 0. The molecule has 32 heavy (non-hydrogen) atoms. The van der Waals surface area contributed by atoms with Gasteiger partial charge in [0.05, 0.1) is 19.3 Å². The number of benzene rings is 1. The minimum atomic E-state index is 0. The number of nitrogens with zero attached hydrogens (tertiary/aromatic N) is 3. The average molecular weight is 568 g/mol. The van der Waals surface area contributed by atoms with Gasteiger partial charge in [-0.15, -0.1) is 35.3 Å². The lowest BCUT2D eigenvalue weighted by Gasteiger charge is -2.34. The SMILES string of the molecule is CN=C(NCc1ccc(N2CC=CC2)cc1)NCC(c1ccc(C)s1)N1CCOCC1.I. The Kier molecular flexibility index (Phi) is 9.83. The second-order valence-corrected chi connectivity index (χ2v) is 9.28. The van der Waals surface area contributed by atoms with Gasteiger partial charge in [0.1, 0.15) is 0 Å². The molecule has 1 unspecified atom stereocenters. The summed E-state index contributed by atoms with van der Waals surface area (Å²) in [6, 6.07) is 13.6. The van der Waals surface area contributed by atoms with Crippen molar-refractivity contribution < 1.29 is 4.74 Å². The highest BCUT2D eigenvalue weighted by Gasteiger charge is 2.24. The fraction of sp³-hybridized carbons (Fsp3) is 0.458. The summed E-state index contributed by atoms with van der Waals surface area (Å²) in [4.78, 5) is 12.1. The zero-order valence-corrected chi connectivity index (χ0v) is 22.1. The Balaban J connectivity index is 0.00000289. The summed E-state index contributed by atoms with van der Waals surface area (Å²) in [6.07, 6.45) is 4.43. The van der Waals surface area contributed by atoms with Crippen LogP contribution in [0.3, 0.4) is 0 Å². The van der Waals surface area contributed by atoms with Gasteiger partial charge in [0, 0.05) is 61.8 Å². The molecule has 4 rings (SSSR count). The monoisotopic (exact) mass is 567 g/mol. The maximum atomic E-state index is 5.56. The molecule has 174 valence electrons. The van der Waals surface area contributed by atoms with Crippen molar-refractivity contribution in [3.8, 4) is 0 Å². The maximum Gasteiger partial charge on any atom is 0.191 e. The molecular formula is C24H34IN5OS. The first-order chi connectivity index (χ1) is 15.2. The van der Waals surface area contributed by atoms with Gasteiger partial charge in [0.25, 0.3) is 0 Å². The van der Waals surface area contributed by atoms with Crippen LogP contribution in [0.1, 0.15) is 21.4 Å². The third kappa shape index (κ3) is 6.69. The van der Waals surface area contributed by atoms with Crippen LogP contribution >= 0.6 is 35.3 Å². The summed E-state index contributed by atoms with van der Waals surface area (Å²) in [6.45, 7) is 9.28. The van der Waals surface area contributed by atoms with Gasteiger partial charge in [-0.05, 0) is 36.8 Å². The normalized spacial score (nSPS) is 17.8. The zero-order chi connectivity index (χ0) is 21.5. The Morgan fingerprint density at radius 2 is 1.78 bits per heavy atom. The zero-order valence-electron chi connectivity index (χ0n) is 18.9. The van der Waals surface area contributed by atoms with Gasteiger partial charge in [0.15, 0.2) is 5.96 Å². The van der Waals surface area contributed by atoms with Crippen molar-refractivity contribution in [3.05, 3.63) is 63.9 Å². The average Bonchev–Trinajstić information content (AvgIpc) is 3.49. The smallest absolute Gasteiger partial charge is 0.191 e. The molecule has 1 saturated heterocycles. The quantitative estimate of drug-likeness (QED) is 0.231. The summed E-state index contributed by atoms with van der Waals surface area (Å²) in [7, 11) is 1.83. The first-order valence-electron chi connectivity index (χ1n) is 11.0. The van der Waals surface area contributed by atoms with E-state index in [0.29, 0.717) is 6.04 Å². The highest BCUT2D eigenvalue weighted by atomic mass is 127. The van der Waals surface area contributed by atoms with E-state index in [1.54, 1.807) is 0 Å². The topological polar surface area (TPSA) is 52.1 Å². The number of thiophene rings is 1. The highest BCUT2D eigenvalue weighted by Crippen LogP contribution is 2.28. The number of morpholine rings is 1. The summed E-state index contributed by atoms with van der Waals surface area (Å²) >= 11 is 1.88. The van der Waals surface area contributed by atoms with Gasteiger partial charge in [-0.1, -0.05) is 24.3 Å². The van der Waals surface area contributed by atoms with E-state index in [9.17, 15) is 0 Å². The third-order valence-electron chi connectivity index (χ3n) is 5.84. The summed E-state index contributed by atoms with van der Waals surface area (Å²) < 4.78 is 5.56. The molecule has 1 atom stereocenters. The van der Waals surface area contributed by atoms with Crippen LogP contribution in [0.4, 0.5) is 5.69 Å². The van der Waals surface area contributed by atoms with E-state index in [1.807, 2.05) is 18.4 Å². The van der Waals surface area contributed by atoms with Crippen LogP contribution in [0.15, 0.2) is 53.5 Å². The van der Waals surface area contributed by atoms with Crippen LogP contribution < -0.4 is 15.5 Å². The third-order valence-corrected chi connectivity index (χ3v) is 6.94. The number of guanidine groups is 1. The van der Waals surface area contributed by atoms with Gasteiger partial charge in [0.2, 0.25) is 0 Å². The molecule has 0 saturated carbocycles. The fourth-order valence-electron chi connectivity index (χ4n) is 4.04. The molecule has 2 aliphatic rings. The minimum Gasteiger partial charge on any atom is -0.379 e. The van der Waals surface area contributed by atoms with E-state index in [-0.39, 0.29) is 24.0 Å². The van der Waals surface area contributed by atoms with Crippen LogP contribution in [0.5, 0.6) is 0 Å². The van der Waals surface area contributed by atoms with Gasteiger partial charge >= 0.3 is 0 Å². The van der Waals surface area contributed by atoms with Crippen molar-refractivity contribution >= 4 is 47.0 Å². The highest BCUT2D eigenvalue weighted by molar-refractivity contribution is 14.0. The molecule has 0 bridgehead atoms. The van der Waals surface area contributed by atoms with Crippen molar-refractivity contribution in [3.63, 3.8) is 0 Å². The fourth-order valence-corrected chi connectivity index (χ4v) is 5.06. The van der Waals surface area contributed by atoms with Crippen LogP contribution in [0.2, 0.25) is 0 Å². The second kappa shape index (κ2) is 12.6. The maximum absolute atomic E-state index is 5.56. The van der Waals surface area contributed by atoms with Crippen LogP contribution in [-0.2, 0) is 11.3 Å². The van der Waals surface area contributed by atoms with Gasteiger partial charge in [-0.2, -0.15) is 0 Å². The number of rotatable bonds is 7. The van der Waals surface area contributed by atoms with Crippen LogP contribution in [0.25, 0.3) is 0 Å². The molecule has 0 radical (unpaired) electrons. The number of anilines is 1. The Hall–Kier alpha value is -1.62. The van der Waals surface area contributed by atoms with Gasteiger partial charge in [-0.25, -0.2) is 0 Å². The lowest BCUT2D eigenvalue weighted by Crippen LogP contribution is -2.46. The lowest BCUT2D eigenvalue weighted by atomic mass is 10.2. The first kappa shape index (κ1) is 25.0. The molecule has 3 heterocycles. The molecule has 1 aromatic carbocycles. The molecule has 8 heteroatoms. The summed E-state index contributed by atoms with van der Waals surface area (Å²) in [5.41, 5.74) is 2.52. The molecule has 0 amide bonds. The number of hydrogen-bond acceptors (Lipinski definition) is 5. The molecule has 2 aliphatic heterocycles. The Bertz CT molecular complexity index is 884. The number of ether oxygens (including phenoxy) is 1. The van der Waals surface area contributed by atoms with E-state index in [1.165, 1.54) is 21.0 Å². The van der Waals surface area contributed by atoms with Crippen LogP contribution in [-0.4, -0.2) is 63.8 Å². The van der Waals surface area contributed by atoms with Crippen LogP contribution in [0, 0.1) is 6.92 Å². The molecule has 1 fully saturated rings. The molecule has 0 spiro atoms. The van der Waals surface area contributed by atoms with Gasteiger partial charge in [-0.3, -0.25) is 9.89 Å². The lowest BCUT2D eigenvalue weighted by molar-refractivity contribution is 0.0177. The summed E-state index contributed by atoms with van der Waals surface area (Å²) in [5, 5.41) is 7.01. The predicted octanol–water partition coefficient (Wildman–Crippen LogP) is 3.79. The molecule has 0 aliphatic carbocycles. The number of halogens is 1. The van der Waals surface area contributed by atoms with E-state index in [4.69, 9.17) is 4.74 Å². The molecule has 1 aromatic heterocycles. The van der Waals surface area contributed by atoms with Crippen molar-refractivity contribution in [2.45, 2.75) is 19.5 Å². The van der Waals surface area contributed by atoms with E-state index < -0.39 is 0 Å².